The Bertz CT molecular complexity index is 27.3. The molecular formula is C5H11OZn. The molecule has 0 rings (SSSR count). The Balaban J connectivity index is 2.45. The van der Waals surface area contributed by atoms with Gasteiger partial charge in [0, 0.05) is 0 Å². The second-order valence-corrected chi connectivity index (χ2v) is 2.47. The fourth-order valence-corrected chi connectivity index (χ4v) is 0.882. The Kier molecular flexibility index (Phi) is 7.13. The van der Waals surface area contributed by atoms with Crippen molar-refractivity contribution < 1.29 is 22.2 Å². The molecule has 0 N–H and O–H groups in total. The van der Waals surface area contributed by atoms with Crippen LogP contribution in [0.1, 0.15) is 26.2 Å². The third kappa shape index (κ3) is 6.58. The van der Waals surface area contributed by atoms with Crippen LogP contribution in [0.3, 0.4) is 0 Å². The van der Waals surface area contributed by atoms with Crippen molar-refractivity contribution in [3.8, 4) is 0 Å². The van der Waals surface area contributed by atoms with E-state index in [0.717, 1.165) is 25.3 Å². The van der Waals surface area contributed by atoms with Crippen LogP contribution in [0.4, 0.5) is 0 Å². The van der Waals surface area contributed by atoms with Gasteiger partial charge >= 0.3 is 55.0 Å². The molecule has 0 aromatic carbocycles. The van der Waals surface area contributed by atoms with Crippen molar-refractivity contribution in [1.82, 2.24) is 0 Å². The van der Waals surface area contributed by atoms with Gasteiger partial charge in [0.1, 0.15) is 0 Å². The van der Waals surface area contributed by atoms with E-state index in [4.69, 9.17) is 3.56 Å². The molecule has 0 radical (unpaired) electrons. The van der Waals surface area contributed by atoms with Gasteiger partial charge in [-0.2, -0.15) is 0 Å². The summed E-state index contributed by atoms with van der Waals surface area (Å²) in [6.45, 7) is 3.18. The molecule has 7 heavy (non-hydrogen) atoms. The zero-order valence-corrected chi connectivity index (χ0v) is 7.91. The first-order valence-electron chi connectivity index (χ1n) is 2.78. The fraction of sp³-hybridized carbons (Fsp3) is 1.00. The minimum absolute atomic E-state index is 0.980. The van der Waals surface area contributed by atoms with Gasteiger partial charge in [0.25, 0.3) is 0 Å². The van der Waals surface area contributed by atoms with Crippen LogP contribution >= 0.6 is 0 Å². The summed E-state index contributed by atoms with van der Waals surface area (Å²) in [5.41, 5.74) is 0. The standard InChI is InChI=1S/C5H11O.Zn/c1-2-3-4-5-6;/h2-5H2,1H3;/q-1;+1. The second kappa shape index (κ2) is 6.58. The summed E-state index contributed by atoms with van der Waals surface area (Å²) in [5.74, 6) is 0. The summed E-state index contributed by atoms with van der Waals surface area (Å²) in [5, 5.41) is 0. The van der Waals surface area contributed by atoms with Crippen LogP contribution in [0.15, 0.2) is 0 Å². The van der Waals surface area contributed by atoms with Crippen molar-refractivity contribution >= 4 is 0 Å². The van der Waals surface area contributed by atoms with E-state index >= 15 is 0 Å². The first-order valence-corrected chi connectivity index (χ1v) is 4.00. The monoisotopic (exact) mass is 151 g/mol. The van der Waals surface area contributed by atoms with Gasteiger partial charge in [-0.05, 0) is 0 Å². The van der Waals surface area contributed by atoms with Crippen molar-refractivity contribution in [2.24, 2.45) is 0 Å². The molecule has 1 nitrogen and oxygen atoms in total. The first-order chi connectivity index (χ1) is 3.41. The third-order valence-electron chi connectivity index (χ3n) is 0.892. The summed E-state index contributed by atoms with van der Waals surface area (Å²) in [6, 6.07) is 0. The second-order valence-electron chi connectivity index (χ2n) is 1.62. The summed E-state index contributed by atoms with van der Waals surface area (Å²) in [6.07, 6.45) is 3.86. The van der Waals surface area contributed by atoms with E-state index in [1.807, 2.05) is 0 Å². The van der Waals surface area contributed by atoms with Gasteiger partial charge in [-0.15, -0.1) is 0 Å². The van der Waals surface area contributed by atoms with E-state index in [0.29, 0.717) is 0 Å². The van der Waals surface area contributed by atoms with E-state index in [2.05, 4.69) is 6.92 Å². The number of rotatable bonds is 4. The predicted molar refractivity (Wildman–Crippen MR) is 25.5 cm³/mol. The topological polar surface area (TPSA) is 9.23 Å². The number of hydrogen-bond acceptors (Lipinski definition) is 1. The first kappa shape index (κ1) is 7.58. The van der Waals surface area contributed by atoms with Crippen LogP contribution in [0.5, 0.6) is 0 Å². The van der Waals surface area contributed by atoms with Gasteiger partial charge in [0.05, 0.1) is 0 Å². The van der Waals surface area contributed by atoms with E-state index in [1.165, 1.54) is 19.3 Å². The van der Waals surface area contributed by atoms with Crippen LogP contribution in [0.25, 0.3) is 0 Å². The maximum absolute atomic E-state index is 4.97. The van der Waals surface area contributed by atoms with Gasteiger partial charge in [0.2, 0.25) is 0 Å². The summed E-state index contributed by atoms with van der Waals surface area (Å²) in [7, 11) is 0. The van der Waals surface area contributed by atoms with Crippen LogP contribution < -0.4 is 0 Å². The Morgan fingerprint density at radius 2 is 2.14 bits per heavy atom. The van der Waals surface area contributed by atoms with Crippen LogP contribution in [0.2, 0.25) is 0 Å². The summed E-state index contributed by atoms with van der Waals surface area (Å²) in [4.78, 5) is 0. The molecule has 0 aromatic heterocycles. The van der Waals surface area contributed by atoms with Gasteiger partial charge in [0.15, 0.2) is 0 Å². The minimum atomic E-state index is 0.980. The Morgan fingerprint density at radius 1 is 1.43 bits per heavy atom. The zero-order chi connectivity index (χ0) is 5.54. The zero-order valence-electron chi connectivity index (χ0n) is 4.94. The molecule has 2 heteroatoms. The normalized spacial score (nSPS) is 9.57. The molecule has 0 saturated heterocycles. The molecule has 0 heterocycles. The van der Waals surface area contributed by atoms with Gasteiger partial charge in [-0.25, -0.2) is 0 Å². The Labute approximate surface area is 55.5 Å². The Morgan fingerprint density at radius 3 is 2.57 bits per heavy atom. The number of unbranched alkanes of at least 4 members (excludes halogenated alkanes) is 2. The van der Waals surface area contributed by atoms with E-state index < -0.39 is 0 Å². The molecule has 0 fully saturated rings. The molecule has 0 unspecified atom stereocenters. The molecule has 0 aliphatic rings. The van der Waals surface area contributed by atoms with Crippen LogP contribution in [-0.4, -0.2) is 6.61 Å². The molecule has 0 bridgehead atoms. The Hall–Kier alpha value is 0.583. The predicted octanol–water partition coefficient (Wildman–Crippen LogP) is 1.66. The van der Waals surface area contributed by atoms with Crippen molar-refractivity contribution in [3.05, 3.63) is 0 Å². The third-order valence-corrected chi connectivity index (χ3v) is 1.50. The molecule has 0 aromatic rings. The van der Waals surface area contributed by atoms with Crippen molar-refractivity contribution in [2.75, 3.05) is 6.61 Å². The summed E-state index contributed by atoms with van der Waals surface area (Å²) >= 11 is 0.990. The van der Waals surface area contributed by atoms with Crippen LogP contribution in [-0.2, 0) is 22.2 Å². The molecule has 0 aliphatic heterocycles. The fourth-order valence-electron chi connectivity index (χ4n) is 0.454. The van der Waals surface area contributed by atoms with Crippen molar-refractivity contribution in [1.29, 1.82) is 0 Å². The van der Waals surface area contributed by atoms with Gasteiger partial charge in [-0.1, -0.05) is 0 Å². The molecule has 0 spiro atoms. The molecule has 0 aliphatic carbocycles. The van der Waals surface area contributed by atoms with E-state index in [1.54, 1.807) is 0 Å². The molecular weight excluding hydrogens is 141 g/mol. The average Bonchev–Trinajstić information content (AvgIpc) is 1.69. The average molecular weight is 153 g/mol. The molecule has 39 valence electrons. The molecule has 0 saturated carbocycles. The SMILES string of the molecule is CCCCC[O][Zn]. The van der Waals surface area contributed by atoms with Gasteiger partial charge < -0.3 is 0 Å². The van der Waals surface area contributed by atoms with Crippen molar-refractivity contribution in [3.63, 3.8) is 0 Å². The van der Waals surface area contributed by atoms with Crippen molar-refractivity contribution in [2.45, 2.75) is 26.2 Å². The van der Waals surface area contributed by atoms with E-state index in [-0.39, 0.29) is 0 Å². The molecule has 0 amide bonds. The quantitative estimate of drug-likeness (QED) is 0.440. The summed E-state index contributed by atoms with van der Waals surface area (Å²) < 4.78 is 4.97. The molecule has 0 atom stereocenters. The van der Waals surface area contributed by atoms with Gasteiger partial charge in [-0.3, -0.25) is 0 Å². The number of hydrogen-bond donors (Lipinski definition) is 0. The van der Waals surface area contributed by atoms with E-state index in [9.17, 15) is 0 Å². The maximum atomic E-state index is 4.97. The van der Waals surface area contributed by atoms with Crippen LogP contribution in [0, 0.1) is 0 Å².